The molecule has 0 unspecified atom stereocenters. The van der Waals surface area contributed by atoms with Gasteiger partial charge >= 0.3 is 0 Å². The number of benzene rings is 2. The molecule has 0 atom stereocenters. The number of hydrogen-bond acceptors (Lipinski definition) is 3. The molecule has 2 aromatic carbocycles. The molecule has 0 aliphatic rings. The van der Waals surface area contributed by atoms with Gasteiger partial charge in [0.15, 0.2) is 0 Å². The summed E-state index contributed by atoms with van der Waals surface area (Å²) in [5.41, 5.74) is 4.67. The minimum absolute atomic E-state index is 0.234. The quantitative estimate of drug-likeness (QED) is 0.569. The zero-order valence-corrected chi connectivity index (χ0v) is 11.0. The van der Waals surface area contributed by atoms with Gasteiger partial charge in [0.05, 0.1) is 22.3 Å². The number of hydrogen-bond donors (Lipinski definition) is 2. The maximum Gasteiger partial charge on any atom is 0.222 e. The molecule has 0 bridgehead atoms. The lowest BCUT2D eigenvalue weighted by molar-refractivity contribution is 0.626. The van der Waals surface area contributed by atoms with Gasteiger partial charge in [0.2, 0.25) is 5.95 Å². The third-order valence-corrected chi connectivity index (χ3v) is 3.08. The molecule has 0 saturated heterocycles. The molecule has 3 rings (SSSR count). The van der Waals surface area contributed by atoms with Crippen LogP contribution in [0.15, 0.2) is 47.6 Å². The summed E-state index contributed by atoms with van der Waals surface area (Å²) in [5, 5.41) is 4.24. The highest BCUT2D eigenvalue weighted by atomic mass is 35.5. The Morgan fingerprint density at radius 3 is 2.85 bits per heavy atom. The predicted octanol–water partition coefficient (Wildman–Crippen LogP) is 3.80. The molecule has 20 heavy (non-hydrogen) atoms. The fourth-order valence-corrected chi connectivity index (χ4v) is 2.01. The second-order valence-corrected chi connectivity index (χ2v) is 4.52. The molecule has 3 aromatic rings. The molecule has 0 saturated carbocycles. The monoisotopic (exact) mass is 288 g/mol. The first-order chi connectivity index (χ1) is 9.74. The Kier molecular flexibility index (Phi) is 3.35. The molecule has 0 spiro atoms. The van der Waals surface area contributed by atoms with Crippen LogP contribution in [-0.2, 0) is 0 Å². The van der Waals surface area contributed by atoms with Crippen molar-refractivity contribution in [2.75, 3.05) is 5.43 Å². The number of nitrogens with one attached hydrogen (secondary N) is 2. The van der Waals surface area contributed by atoms with E-state index in [0.29, 0.717) is 11.0 Å². The van der Waals surface area contributed by atoms with E-state index in [-0.39, 0.29) is 5.56 Å². The normalized spacial score (nSPS) is 11.3. The number of imidazole rings is 1. The van der Waals surface area contributed by atoms with Crippen molar-refractivity contribution < 1.29 is 4.39 Å². The van der Waals surface area contributed by atoms with Gasteiger partial charge in [-0.1, -0.05) is 29.8 Å². The number of para-hydroxylation sites is 2. The van der Waals surface area contributed by atoms with E-state index in [1.54, 1.807) is 12.1 Å². The molecular weight excluding hydrogens is 279 g/mol. The Bertz CT molecular complexity index is 728. The average Bonchev–Trinajstić information content (AvgIpc) is 2.84. The van der Waals surface area contributed by atoms with Gasteiger partial charge < -0.3 is 4.98 Å². The van der Waals surface area contributed by atoms with E-state index in [2.05, 4.69) is 20.5 Å². The highest BCUT2D eigenvalue weighted by Gasteiger charge is 2.04. The predicted molar refractivity (Wildman–Crippen MR) is 78.7 cm³/mol. The molecule has 0 radical (unpaired) electrons. The Balaban J connectivity index is 1.80. The van der Waals surface area contributed by atoms with Gasteiger partial charge in [0, 0.05) is 5.56 Å². The summed E-state index contributed by atoms with van der Waals surface area (Å²) in [5.74, 6) is 0.0579. The molecule has 0 amide bonds. The van der Waals surface area contributed by atoms with E-state index in [0.717, 1.165) is 11.0 Å². The molecule has 6 heteroatoms. The van der Waals surface area contributed by atoms with Gasteiger partial charge in [0.25, 0.3) is 0 Å². The number of H-pyrrole nitrogens is 1. The molecular formula is C14H10ClFN4. The van der Waals surface area contributed by atoms with Crippen molar-refractivity contribution in [3.8, 4) is 0 Å². The Morgan fingerprint density at radius 2 is 2.05 bits per heavy atom. The van der Waals surface area contributed by atoms with Crippen molar-refractivity contribution in [1.82, 2.24) is 9.97 Å². The van der Waals surface area contributed by atoms with Crippen LogP contribution < -0.4 is 5.43 Å². The van der Waals surface area contributed by atoms with Crippen molar-refractivity contribution in [2.24, 2.45) is 5.10 Å². The smallest absolute Gasteiger partial charge is 0.222 e. The number of anilines is 1. The van der Waals surface area contributed by atoms with Gasteiger partial charge in [-0.25, -0.2) is 14.8 Å². The van der Waals surface area contributed by atoms with Crippen LogP contribution in [0.1, 0.15) is 5.56 Å². The Morgan fingerprint density at radius 1 is 1.20 bits per heavy atom. The Hall–Kier alpha value is -2.40. The van der Waals surface area contributed by atoms with Gasteiger partial charge in [-0.3, -0.25) is 0 Å². The summed E-state index contributed by atoms with van der Waals surface area (Å²) in [7, 11) is 0. The highest BCUT2D eigenvalue weighted by molar-refractivity contribution is 6.33. The lowest BCUT2D eigenvalue weighted by atomic mass is 10.2. The summed E-state index contributed by atoms with van der Waals surface area (Å²) in [6.07, 6.45) is 1.32. The third kappa shape index (κ3) is 2.48. The average molecular weight is 289 g/mol. The van der Waals surface area contributed by atoms with Crippen LogP contribution in [0.4, 0.5) is 10.3 Å². The lowest BCUT2D eigenvalue weighted by Crippen LogP contribution is -1.95. The van der Waals surface area contributed by atoms with Crippen LogP contribution in [0.25, 0.3) is 11.0 Å². The number of rotatable bonds is 3. The fourth-order valence-electron chi connectivity index (χ4n) is 1.80. The maximum atomic E-state index is 13.5. The molecule has 0 aliphatic carbocycles. The zero-order chi connectivity index (χ0) is 13.9. The molecule has 0 fully saturated rings. The first kappa shape index (κ1) is 12.6. The number of aromatic amines is 1. The SMILES string of the molecule is Fc1cccc(Cl)c1/C=N/Nc1nc2ccccc2[nH]1. The number of aromatic nitrogens is 2. The topological polar surface area (TPSA) is 53.1 Å². The van der Waals surface area contributed by atoms with Crippen molar-refractivity contribution in [3.05, 3.63) is 58.9 Å². The molecule has 100 valence electrons. The fraction of sp³-hybridized carbons (Fsp3) is 0. The van der Waals surface area contributed by atoms with Crippen molar-refractivity contribution >= 4 is 34.8 Å². The summed E-state index contributed by atoms with van der Waals surface area (Å²) in [6, 6.07) is 12.1. The van der Waals surface area contributed by atoms with Gasteiger partial charge in [-0.15, -0.1) is 0 Å². The van der Waals surface area contributed by atoms with E-state index in [4.69, 9.17) is 11.6 Å². The van der Waals surface area contributed by atoms with Crippen molar-refractivity contribution in [3.63, 3.8) is 0 Å². The van der Waals surface area contributed by atoms with E-state index in [1.165, 1.54) is 12.3 Å². The van der Waals surface area contributed by atoms with Gasteiger partial charge in [-0.2, -0.15) is 5.10 Å². The standard InChI is InChI=1S/C14H10ClFN4/c15-10-4-3-5-11(16)9(10)8-17-20-14-18-12-6-1-2-7-13(12)19-14/h1-8H,(H2,18,19,20)/b17-8+. The largest absolute Gasteiger partial charge is 0.323 e. The van der Waals surface area contributed by atoms with Crippen LogP contribution in [0, 0.1) is 5.82 Å². The van der Waals surface area contributed by atoms with Crippen molar-refractivity contribution in [1.29, 1.82) is 0 Å². The van der Waals surface area contributed by atoms with Crippen LogP contribution >= 0.6 is 11.6 Å². The second-order valence-electron chi connectivity index (χ2n) is 4.11. The van der Waals surface area contributed by atoms with Gasteiger partial charge in [-0.05, 0) is 24.3 Å². The minimum atomic E-state index is -0.423. The second kappa shape index (κ2) is 5.30. The Labute approximate surface area is 119 Å². The van der Waals surface area contributed by atoms with Crippen LogP contribution in [0.3, 0.4) is 0 Å². The summed E-state index contributed by atoms with van der Waals surface area (Å²) >= 11 is 5.89. The van der Waals surface area contributed by atoms with Crippen LogP contribution in [0.2, 0.25) is 5.02 Å². The maximum absolute atomic E-state index is 13.5. The molecule has 1 heterocycles. The molecule has 4 nitrogen and oxygen atoms in total. The molecule has 0 aliphatic heterocycles. The first-order valence-electron chi connectivity index (χ1n) is 5.92. The van der Waals surface area contributed by atoms with Gasteiger partial charge in [0.1, 0.15) is 5.82 Å². The molecule has 2 N–H and O–H groups in total. The van der Waals surface area contributed by atoms with Crippen LogP contribution in [0.5, 0.6) is 0 Å². The van der Waals surface area contributed by atoms with E-state index < -0.39 is 5.82 Å². The lowest BCUT2D eigenvalue weighted by Gasteiger charge is -1.99. The van der Waals surface area contributed by atoms with Crippen molar-refractivity contribution in [2.45, 2.75) is 0 Å². The number of halogens is 2. The minimum Gasteiger partial charge on any atom is -0.323 e. The zero-order valence-electron chi connectivity index (χ0n) is 10.3. The highest BCUT2D eigenvalue weighted by Crippen LogP contribution is 2.17. The third-order valence-electron chi connectivity index (χ3n) is 2.75. The van der Waals surface area contributed by atoms with E-state index >= 15 is 0 Å². The van der Waals surface area contributed by atoms with E-state index in [1.807, 2.05) is 24.3 Å². The molecule has 1 aromatic heterocycles. The summed E-state index contributed by atoms with van der Waals surface area (Å²) < 4.78 is 13.5. The number of fused-ring (bicyclic) bond motifs is 1. The number of nitrogens with zero attached hydrogens (tertiary/aromatic N) is 2. The summed E-state index contributed by atoms with van der Waals surface area (Å²) in [6.45, 7) is 0. The van der Waals surface area contributed by atoms with E-state index in [9.17, 15) is 4.39 Å². The number of hydrazone groups is 1. The summed E-state index contributed by atoms with van der Waals surface area (Å²) in [4.78, 5) is 7.33. The first-order valence-corrected chi connectivity index (χ1v) is 6.29. The van der Waals surface area contributed by atoms with Crippen LogP contribution in [-0.4, -0.2) is 16.2 Å².